The topological polar surface area (TPSA) is 64.9 Å². The zero-order valence-electron chi connectivity index (χ0n) is 11.9. The minimum Gasteiger partial charge on any atom is -0.494 e. The highest BCUT2D eigenvalue weighted by molar-refractivity contribution is 7.99. The molecule has 0 fully saturated rings. The molecule has 0 saturated heterocycles. The van der Waals surface area contributed by atoms with Crippen LogP contribution in [0.15, 0.2) is 29.4 Å². The molecule has 0 aliphatic rings. The maximum absolute atomic E-state index is 5.45. The molecule has 1 atom stereocenters. The summed E-state index contributed by atoms with van der Waals surface area (Å²) >= 11 is 1.63. The van der Waals surface area contributed by atoms with E-state index in [1.807, 2.05) is 33.2 Å². The minimum atomic E-state index is 0.243. The number of aromatic nitrogens is 4. The molecule has 0 amide bonds. The van der Waals surface area contributed by atoms with Gasteiger partial charge in [-0.25, -0.2) is 4.68 Å². The second kappa shape index (κ2) is 7.25. The van der Waals surface area contributed by atoms with Crippen molar-refractivity contribution in [3.63, 3.8) is 0 Å². The van der Waals surface area contributed by atoms with E-state index in [4.69, 9.17) is 4.74 Å². The standard InChI is InChI=1S/C13H19N5OS/c1-4-19-11-7-5-10(6-8-11)12(14-2)9-20-13-15-16-17-18(13)3/h5-8,12,14H,4,9H2,1-3H3. The maximum Gasteiger partial charge on any atom is 0.209 e. The number of ether oxygens (including phenoxy) is 1. The van der Waals surface area contributed by atoms with E-state index < -0.39 is 0 Å². The predicted molar refractivity (Wildman–Crippen MR) is 78.9 cm³/mol. The Morgan fingerprint density at radius 2 is 2.10 bits per heavy atom. The number of tetrazole rings is 1. The lowest BCUT2D eigenvalue weighted by molar-refractivity contribution is 0.340. The van der Waals surface area contributed by atoms with Crippen molar-refractivity contribution in [1.82, 2.24) is 25.5 Å². The first-order chi connectivity index (χ1) is 9.74. The minimum absolute atomic E-state index is 0.243. The Morgan fingerprint density at radius 1 is 1.35 bits per heavy atom. The molecule has 1 aromatic carbocycles. The van der Waals surface area contributed by atoms with Gasteiger partial charge < -0.3 is 10.1 Å². The van der Waals surface area contributed by atoms with Gasteiger partial charge in [-0.05, 0) is 42.1 Å². The highest BCUT2D eigenvalue weighted by atomic mass is 32.2. The Hall–Kier alpha value is -1.60. The molecule has 0 aliphatic carbocycles. The molecule has 20 heavy (non-hydrogen) atoms. The fourth-order valence-corrected chi connectivity index (χ4v) is 2.80. The largest absolute Gasteiger partial charge is 0.494 e. The Balaban J connectivity index is 1.98. The normalized spacial score (nSPS) is 12.3. The van der Waals surface area contributed by atoms with Crippen molar-refractivity contribution >= 4 is 11.8 Å². The van der Waals surface area contributed by atoms with Crippen LogP contribution in [-0.2, 0) is 7.05 Å². The van der Waals surface area contributed by atoms with Crippen LogP contribution in [0.4, 0.5) is 0 Å². The number of thioether (sulfide) groups is 1. The van der Waals surface area contributed by atoms with Crippen molar-refractivity contribution in [3.05, 3.63) is 29.8 Å². The van der Waals surface area contributed by atoms with Gasteiger partial charge in [0.2, 0.25) is 5.16 Å². The molecule has 1 N–H and O–H groups in total. The van der Waals surface area contributed by atoms with E-state index in [2.05, 4.69) is 33.0 Å². The van der Waals surface area contributed by atoms with Crippen LogP contribution >= 0.6 is 11.8 Å². The predicted octanol–water partition coefficient (Wildman–Crippen LogP) is 1.66. The molecule has 1 aromatic heterocycles. The van der Waals surface area contributed by atoms with E-state index in [-0.39, 0.29) is 6.04 Å². The molecule has 108 valence electrons. The number of rotatable bonds is 7. The van der Waals surface area contributed by atoms with Gasteiger partial charge in [0.1, 0.15) is 5.75 Å². The zero-order valence-corrected chi connectivity index (χ0v) is 12.7. The third kappa shape index (κ3) is 3.71. The van der Waals surface area contributed by atoms with Crippen LogP contribution in [0.1, 0.15) is 18.5 Å². The van der Waals surface area contributed by atoms with Gasteiger partial charge in [0.15, 0.2) is 0 Å². The van der Waals surface area contributed by atoms with Crippen molar-refractivity contribution in [2.45, 2.75) is 18.1 Å². The summed E-state index contributed by atoms with van der Waals surface area (Å²) in [4.78, 5) is 0. The van der Waals surface area contributed by atoms with E-state index in [9.17, 15) is 0 Å². The van der Waals surface area contributed by atoms with E-state index in [1.165, 1.54) is 5.56 Å². The quantitative estimate of drug-likeness (QED) is 0.783. The lowest BCUT2D eigenvalue weighted by atomic mass is 10.1. The number of aryl methyl sites for hydroxylation is 1. The van der Waals surface area contributed by atoms with E-state index in [0.717, 1.165) is 16.7 Å². The van der Waals surface area contributed by atoms with Gasteiger partial charge in [-0.1, -0.05) is 23.9 Å². The average Bonchev–Trinajstić information content (AvgIpc) is 2.87. The molecule has 0 saturated carbocycles. The fourth-order valence-electron chi connectivity index (χ4n) is 1.81. The molecular weight excluding hydrogens is 274 g/mol. The molecule has 0 radical (unpaired) electrons. The van der Waals surface area contributed by atoms with Crippen molar-refractivity contribution in [2.75, 3.05) is 19.4 Å². The first kappa shape index (κ1) is 14.8. The lowest BCUT2D eigenvalue weighted by Gasteiger charge is -2.16. The van der Waals surface area contributed by atoms with Crippen LogP contribution in [0.5, 0.6) is 5.75 Å². The Bertz CT molecular complexity index is 528. The first-order valence-corrected chi connectivity index (χ1v) is 7.48. The van der Waals surface area contributed by atoms with Crippen LogP contribution < -0.4 is 10.1 Å². The maximum atomic E-state index is 5.45. The third-order valence-electron chi connectivity index (χ3n) is 2.90. The number of hydrogen-bond acceptors (Lipinski definition) is 6. The second-order valence-corrected chi connectivity index (χ2v) is 5.23. The molecule has 0 aliphatic heterocycles. The molecule has 2 rings (SSSR count). The smallest absolute Gasteiger partial charge is 0.209 e. The molecule has 1 heterocycles. The van der Waals surface area contributed by atoms with Crippen LogP contribution in [-0.4, -0.2) is 39.6 Å². The van der Waals surface area contributed by atoms with Crippen molar-refractivity contribution < 1.29 is 4.74 Å². The van der Waals surface area contributed by atoms with Crippen LogP contribution in [0.2, 0.25) is 0 Å². The molecular formula is C13H19N5OS. The summed E-state index contributed by atoms with van der Waals surface area (Å²) in [5, 5.41) is 15.6. The summed E-state index contributed by atoms with van der Waals surface area (Å²) < 4.78 is 7.13. The highest BCUT2D eigenvalue weighted by Crippen LogP contribution is 2.24. The molecule has 0 spiro atoms. The van der Waals surface area contributed by atoms with Crippen molar-refractivity contribution in [3.8, 4) is 5.75 Å². The number of benzene rings is 1. The summed E-state index contributed by atoms with van der Waals surface area (Å²) in [6.45, 7) is 2.67. The fraction of sp³-hybridized carbons (Fsp3) is 0.462. The van der Waals surface area contributed by atoms with Crippen LogP contribution in [0, 0.1) is 0 Å². The van der Waals surface area contributed by atoms with Crippen molar-refractivity contribution in [1.29, 1.82) is 0 Å². The second-order valence-electron chi connectivity index (χ2n) is 4.24. The summed E-state index contributed by atoms with van der Waals surface area (Å²) in [5.41, 5.74) is 1.22. The van der Waals surface area contributed by atoms with Gasteiger partial charge in [0.25, 0.3) is 0 Å². The highest BCUT2D eigenvalue weighted by Gasteiger charge is 2.12. The van der Waals surface area contributed by atoms with E-state index >= 15 is 0 Å². The number of nitrogens with zero attached hydrogens (tertiary/aromatic N) is 4. The van der Waals surface area contributed by atoms with Gasteiger partial charge >= 0.3 is 0 Å². The van der Waals surface area contributed by atoms with Crippen molar-refractivity contribution in [2.24, 2.45) is 7.05 Å². The Kier molecular flexibility index (Phi) is 5.37. The van der Waals surface area contributed by atoms with Crippen LogP contribution in [0.3, 0.4) is 0 Å². The number of hydrogen-bond donors (Lipinski definition) is 1. The summed E-state index contributed by atoms with van der Waals surface area (Å²) in [5.74, 6) is 1.76. The third-order valence-corrected chi connectivity index (χ3v) is 4.01. The van der Waals surface area contributed by atoms with Gasteiger partial charge in [0, 0.05) is 18.8 Å². The van der Waals surface area contributed by atoms with Gasteiger partial charge in [-0.15, -0.1) is 5.10 Å². The van der Waals surface area contributed by atoms with E-state index in [0.29, 0.717) is 6.61 Å². The van der Waals surface area contributed by atoms with E-state index in [1.54, 1.807) is 16.4 Å². The molecule has 0 bridgehead atoms. The SMILES string of the molecule is CCOc1ccc(C(CSc2nnnn2C)NC)cc1. The van der Waals surface area contributed by atoms with Gasteiger partial charge in [-0.3, -0.25) is 0 Å². The average molecular weight is 293 g/mol. The molecule has 6 nitrogen and oxygen atoms in total. The first-order valence-electron chi connectivity index (χ1n) is 6.49. The Morgan fingerprint density at radius 3 is 2.65 bits per heavy atom. The molecule has 7 heteroatoms. The number of nitrogens with one attached hydrogen (secondary N) is 1. The molecule has 2 aromatic rings. The van der Waals surface area contributed by atoms with Gasteiger partial charge in [0.05, 0.1) is 6.61 Å². The Labute approximate surface area is 122 Å². The summed E-state index contributed by atoms with van der Waals surface area (Å²) in [6, 6.07) is 8.41. The lowest BCUT2D eigenvalue weighted by Crippen LogP contribution is -2.19. The van der Waals surface area contributed by atoms with Gasteiger partial charge in [-0.2, -0.15) is 0 Å². The molecule has 1 unspecified atom stereocenters. The van der Waals surface area contributed by atoms with Crippen LogP contribution in [0.25, 0.3) is 0 Å². The monoisotopic (exact) mass is 293 g/mol. The summed E-state index contributed by atoms with van der Waals surface area (Å²) in [6.07, 6.45) is 0. The zero-order chi connectivity index (χ0) is 14.4. The summed E-state index contributed by atoms with van der Waals surface area (Å²) in [7, 11) is 3.80.